The van der Waals surface area contributed by atoms with E-state index in [9.17, 15) is 13.6 Å². The number of aromatic nitrogens is 2. The van der Waals surface area contributed by atoms with Crippen molar-refractivity contribution in [2.24, 2.45) is 0 Å². The van der Waals surface area contributed by atoms with E-state index in [0.717, 1.165) is 10.5 Å². The predicted octanol–water partition coefficient (Wildman–Crippen LogP) is 2.93. The second-order valence-electron chi connectivity index (χ2n) is 6.09. The van der Waals surface area contributed by atoms with Gasteiger partial charge in [-0.15, -0.1) is 0 Å². The number of methoxy groups -OCH3 is 1. The van der Waals surface area contributed by atoms with Crippen LogP contribution < -0.4 is 4.74 Å². The van der Waals surface area contributed by atoms with Gasteiger partial charge in [0.2, 0.25) is 11.8 Å². The van der Waals surface area contributed by atoms with Gasteiger partial charge >= 0.3 is 0 Å². The Morgan fingerprint density at radius 3 is 2.88 bits per heavy atom. The van der Waals surface area contributed by atoms with Crippen LogP contribution in [-0.2, 0) is 11.2 Å². The van der Waals surface area contributed by atoms with Gasteiger partial charge in [-0.2, -0.15) is 4.98 Å². The first-order chi connectivity index (χ1) is 11.9. The standard InChI is InChI=1S/C17H19F2N3O3/c1-11-20-16(25-21-11)13-9-17(18,19)10-22(13)15(23)8-7-12-5-3-4-6-14(12)24-2/h3-6,13H,7-10H2,1-2H3/t13-/m0/s1. The SMILES string of the molecule is COc1ccccc1CCC(=O)N1CC(F)(F)C[C@H]1c1nc(C)no1. The molecule has 2 heterocycles. The Morgan fingerprint density at radius 2 is 2.20 bits per heavy atom. The normalized spacial score (nSPS) is 19.2. The lowest BCUT2D eigenvalue weighted by Gasteiger charge is -2.21. The van der Waals surface area contributed by atoms with Crippen molar-refractivity contribution in [3.05, 3.63) is 41.5 Å². The second-order valence-corrected chi connectivity index (χ2v) is 6.09. The van der Waals surface area contributed by atoms with Gasteiger partial charge in [0.1, 0.15) is 11.8 Å². The van der Waals surface area contributed by atoms with Crippen molar-refractivity contribution in [2.45, 2.75) is 38.2 Å². The van der Waals surface area contributed by atoms with E-state index in [0.29, 0.717) is 18.0 Å². The molecule has 1 atom stereocenters. The fourth-order valence-electron chi connectivity index (χ4n) is 3.04. The molecule has 0 bridgehead atoms. The Bertz CT molecular complexity index is 763. The van der Waals surface area contributed by atoms with Gasteiger partial charge in [-0.1, -0.05) is 23.4 Å². The molecule has 1 aromatic heterocycles. The maximum atomic E-state index is 13.9. The minimum absolute atomic E-state index is 0.0558. The second kappa shape index (κ2) is 6.78. The highest BCUT2D eigenvalue weighted by Gasteiger charge is 2.49. The van der Waals surface area contributed by atoms with Crippen molar-refractivity contribution >= 4 is 5.91 Å². The number of amides is 1. The number of alkyl halides is 2. The van der Waals surface area contributed by atoms with Crippen molar-refractivity contribution in [3.63, 3.8) is 0 Å². The summed E-state index contributed by atoms with van der Waals surface area (Å²) in [7, 11) is 1.55. The van der Waals surface area contributed by atoms with Gasteiger partial charge in [0.05, 0.1) is 13.7 Å². The molecule has 134 valence electrons. The molecule has 1 aliphatic rings. The summed E-state index contributed by atoms with van der Waals surface area (Å²) < 4.78 is 38.0. The number of hydrogen-bond donors (Lipinski definition) is 0. The highest BCUT2D eigenvalue weighted by molar-refractivity contribution is 5.77. The lowest BCUT2D eigenvalue weighted by atomic mass is 10.1. The first-order valence-corrected chi connectivity index (χ1v) is 7.99. The Kier molecular flexibility index (Phi) is 4.69. The molecule has 2 aromatic rings. The number of nitrogens with zero attached hydrogens (tertiary/aromatic N) is 3. The number of carbonyl (C=O) groups excluding carboxylic acids is 1. The van der Waals surface area contributed by atoms with Gasteiger partial charge in [-0.25, -0.2) is 8.78 Å². The lowest BCUT2D eigenvalue weighted by molar-refractivity contribution is -0.133. The smallest absolute Gasteiger partial charge is 0.267 e. The molecule has 0 radical (unpaired) electrons. The Balaban J connectivity index is 1.73. The fourth-order valence-corrected chi connectivity index (χ4v) is 3.04. The molecule has 1 aromatic carbocycles. The summed E-state index contributed by atoms with van der Waals surface area (Å²) >= 11 is 0. The van der Waals surface area contributed by atoms with Crippen LogP contribution in [0.15, 0.2) is 28.8 Å². The van der Waals surface area contributed by atoms with E-state index in [-0.39, 0.29) is 18.2 Å². The zero-order valence-electron chi connectivity index (χ0n) is 14.0. The fraction of sp³-hybridized carbons (Fsp3) is 0.471. The summed E-state index contributed by atoms with van der Waals surface area (Å²) in [6, 6.07) is 6.44. The van der Waals surface area contributed by atoms with Crippen LogP contribution in [0.1, 0.15) is 36.2 Å². The minimum atomic E-state index is -2.97. The Hall–Kier alpha value is -2.51. The molecular weight excluding hydrogens is 332 g/mol. The number of rotatable bonds is 5. The minimum Gasteiger partial charge on any atom is -0.496 e. The summed E-state index contributed by atoms with van der Waals surface area (Å²) in [6.45, 7) is 0.970. The number of para-hydroxylation sites is 1. The molecule has 1 aliphatic heterocycles. The molecule has 1 fully saturated rings. The highest BCUT2D eigenvalue weighted by atomic mass is 19.3. The first-order valence-electron chi connectivity index (χ1n) is 7.99. The first kappa shape index (κ1) is 17.3. The van der Waals surface area contributed by atoms with Crippen LogP contribution in [0.4, 0.5) is 8.78 Å². The molecule has 0 N–H and O–H groups in total. The lowest BCUT2D eigenvalue weighted by Crippen LogP contribution is -2.33. The van der Waals surface area contributed by atoms with Crippen molar-refractivity contribution in [2.75, 3.05) is 13.7 Å². The Morgan fingerprint density at radius 1 is 1.44 bits per heavy atom. The molecule has 0 unspecified atom stereocenters. The summed E-state index contributed by atoms with van der Waals surface area (Å²) in [4.78, 5) is 17.7. The van der Waals surface area contributed by atoms with Gasteiger partial charge in [-0.05, 0) is 25.0 Å². The summed E-state index contributed by atoms with van der Waals surface area (Å²) in [5, 5.41) is 3.63. The molecule has 8 heteroatoms. The monoisotopic (exact) mass is 351 g/mol. The molecule has 1 amide bonds. The van der Waals surface area contributed by atoms with Crippen LogP contribution >= 0.6 is 0 Å². The number of hydrogen-bond acceptors (Lipinski definition) is 5. The highest BCUT2D eigenvalue weighted by Crippen LogP contribution is 2.40. The average Bonchev–Trinajstić information content (AvgIpc) is 3.15. The summed E-state index contributed by atoms with van der Waals surface area (Å²) in [5.41, 5.74) is 0.856. The van der Waals surface area contributed by atoms with Crippen molar-refractivity contribution in [1.29, 1.82) is 0 Å². The van der Waals surface area contributed by atoms with E-state index < -0.39 is 24.9 Å². The molecule has 0 saturated carbocycles. The van der Waals surface area contributed by atoms with Crippen molar-refractivity contribution in [3.8, 4) is 5.75 Å². The number of ether oxygens (including phenoxy) is 1. The maximum Gasteiger partial charge on any atom is 0.267 e. The van der Waals surface area contributed by atoms with Crippen LogP contribution in [0, 0.1) is 6.92 Å². The van der Waals surface area contributed by atoms with E-state index in [1.54, 1.807) is 20.1 Å². The largest absolute Gasteiger partial charge is 0.496 e. The van der Waals surface area contributed by atoms with Gasteiger partial charge in [0.25, 0.3) is 5.92 Å². The molecule has 0 spiro atoms. The molecular formula is C17H19F2N3O3. The van der Waals surface area contributed by atoms with E-state index >= 15 is 0 Å². The summed E-state index contributed by atoms with van der Waals surface area (Å²) in [6.07, 6.45) is -0.00436. The van der Waals surface area contributed by atoms with Gasteiger partial charge in [-0.3, -0.25) is 4.79 Å². The number of halogens is 2. The summed E-state index contributed by atoms with van der Waals surface area (Å²) in [5.74, 6) is -2.25. The van der Waals surface area contributed by atoms with Crippen LogP contribution in [0.25, 0.3) is 0 Å². The quantitative estimate of drug-likeness (QED) is 0.828. The third-order valence-electron chi connectivity index (χ3n) is 4.22. The third kappa shape index (κ3) is 3.78. The number of carbonyl (C=O) groups is 1. The molecule has 25 heavy (non-hydrogen) atoms. The molecule has 6 nitrogen and oxygen atoms in total. The third-order valence-corrected chi connectivity index (χ3v) is 4.22. The van der Waals surface area contributed by atoms with E-state index in [2.05, 4.69) is 10.1 Å². The zero-order valence-corrected chi connectivity index (χ0v) is 14.0. The predicted molar refractivity (Wildman–Crippen MR) is 84.4 cm³/mol. The number of benzene rings is 1. The topological polar surface area (TPSA) is 68.5 Å². The Labute approximate surface area is 143 Å². The number of likely N-dealkylation sites (tertiary alicyclic amines) is 1. The van der Waals surface area contributed by atoms with Crippen molar-refractivity contribution in [1.82, 2.24) is 15.0 Å². The molecule has 1 saturated heterocycles. The van der Waals surface area contributed by atoms with Crippen LogP contribution in [-0.4, -0.2) is 40.5 Å². The number of aryl methyl sites for hydroxylation is 2. The van der Waals surface area contributed by atoms with Crippen LogP contribution in [0.2, 0.25) is 0 Å². The van der Waals surface area contributed by atoms with Crippen LogP contribution in [0.3, 0.4) is 0 Å². The van der Waals surface area contributed by atoms with E-state index in [4.69, 9.17) is 9.26 Å². The zero-order chi connectivity index (χ0) is 18.0. The van der Waals surface area contributed by atoms with Crippen LogP contribution in [0.5, 0.6) is 5.75 Å². The average molecular weight is 351 g/mol. The van der Waals surface area contributed by atoms with Gasteiger partial charge in [0, 0.05) is 12.8 Å². The van der Waals surface area contributed by atoms with Gasteiger partial charge in [0.15, 0.2) is 5.82 Å². The van der Waals surface area contributed by atoms with Gasteiger partial charge < -0.3 is 14.2 Å². The van der Waals surface area contributed by atoms with E-state index in [1.165, 1.54) is 0 Å². The molecule has 3 rings (SSSR count). The maximum absolute atomic E-state index is 13.9. The van der Waals surface area contributed by atoms with Crippen molar-refractivity contribution < 1.29 is 22.8 Å². The molecule has 0 aliphatic carbocycles. The van der Waals surface area contributed by atoms with E-state index in [1.807, 2.05) is 18.2 Å².